The molecule has 4 heteroatoms. The van der Waals surface area contributed by atoms with Gasteiger partial charge in [0.1, 0.15) is 0 Å². The minimum absolute atomic E-state index is 0.234. The first kappa shape index (κ1) is 14.5. The van der Waals surface area contributed by atoms with Crippen LogP contribution < -0.4 is 5.32 Å². The monoisotopic (exact) mass is 281 g/mol. The van der Waals surface area contributed by atoms with Crippen LogP contribution in [0.4, 0.5) is 0 Å². The molecule has 1 aliphatic carbocycles. The summed E-state index contributed by atoms with van der Waals surface area (Å²) in [6.45, 7) is 1.90. The van der Waals surface area contributed by atoms with Gasteiger partial charge in [0.05, 0.1) is 10.6 Å². The van der Waals surface area contributed by atoms with E-state index in [0.717, 1.165) is 12.0 Å². The Morgan fingerprint density at radius 1 is 1.32 bits per heavy atom. The molecule has 0 amide bonds. The van der Waals surface area contributed by atoms with E-state index < -0.39 is 9.84 Å². The first-order chi connectivity index (χ1) is 9.08. The molecular formula is C15H23NO2S. The third-order valence-corrected chi connectivity index (χ3v) is 5.80. The highest BCUT2D eigenvalue weighted by Gasteiger charge is 2.31. The van der Waals surface area contributed by atoms with Crippen LogP contribution in [-0.2, 0) is 16.3 Å². The van der Waals surface area contributed by atoms with Crippen molar-refractivity contribution in [2.24, 2.45) is 5.92 Å². The highest BCUT2D eigenvalue weighted by Crippen LogP contribution is 2.34. The molecule has 1 unspecified atom stereocenters. The van der Waals surface area contributed by atoms with Crippen LogP contribution in [0.15, 0.2) is 29.2 Å². The van der Waals surface area contributed by atoms with E-state index in [1.165, 1.54) is 12.8 Å². The summed E-state index contributed by atoms with van der Waals surface area (Å²) in [4.78, 5) is 0.526. The fourth-order valence-electron chi connectivity index (χ4n) is 2.59. The maximum atomic E-state index is 12.3. The molecular weight excluding hydrogens is 258 g/mol. The Morgan fingerprint density at radius 2 is 2.00 bits per heavy atom. The smallest absolute Gasteiger partial charge is 0.178 e. The Labute approximate surface area is 116 Å². The average Bonchev–Trinajstić information content (AvgIpc) is 3.20. The fourth-order valence-corrected chi connectivity index (χ4v) is 4.19. The zero-order valence-corrected chi connectivity index (χ0v) is 12.5. The largest absolute Gasteiger partial charge is 0.316 e. The van der Waals surface area contributed by atoms with Crippen LogP contribution in [0, 0.1) is 5.92 Å². The Kier molecular flexibility index (Phi) is 4.63. The van der Waals surface area contributed by atoms with Crippen LogP contribution in [0.1, 0.15) is 31.7 Å². The van der Waals surface area contributed by atoms with Crippen LogP contribution in [0.2, 0.25) is 0 Å². The highest BCUT2D eigenvalue weighted by molar-refractivity contribution is 7.91. The zero-order valence-electron chi connectivity index (χ0n) is 11.7. The number of nitrogens with one attached hydrogen (secondary N) is 1. The minimum Gasteiger partial charge on any atom is -0.316 e. The maximum absolute atomic E-state index is 12.3. The van der Waals surface area contributed by atoms with Gasteiger partial charge in [-0.15, -0.1) is 0 Å². The molecule has 3 nitrogen and oxygen atoms in total. The van der Waals surface area contributed by atoms with Crippen LogP contribution in [0.5, 0.6) is 0 Å². The summed E-state index contributed by atoms with van der Waals surface area (Å²) in [5.41, 5.74) is 0.960. The summed E-state index contributed by atoms with van der Waals surface area (Å²) in [6.07, 6.45) is 3.99. The lowest BCUT2D eigenvalue weighted by molar-refractivity contribution is 0.496. The van der Waals surface area contributed by atoms with Crippen molar-refractivity contribution in [3.8, 4) is 0 Å². The molecule has 1 aromatic carbocycles. The number of hydrogen-bond donors (Lipinski definition) is 1. The quantitative estimate of drug-likeness (QED) is 0.835. The Balaban J connectivity index is 2.25. The van der Waals surface area contributed by atoms with Crippen molar-refractivity contribution < 1.29 is 8.42 Å². The van der Waals surface area contributed by atoms with Crippen molar-refractivity contribution in [1.82, 2.24) is 5.32 Å². The van der Waals surface area contributed by atoms with E-state index in [2.05, 4.69) is 5.32 Å². The standard InChI is InChI=1S/C15H23NO2S/c1-3-10-19(17,18)15-7-5-4-6-13(15)11-14(16-2)12-8-9-12/h4-7,12,14,16H,3,8-11H2,1-2H3. The summed E-state index contributed by atoms with van der Waals surface area (Å²) in [5, 5.41) is 3.33. The van der Waals surface area contributed by atoms with Crippen molar-refractivity contribution in [3.05, 3.63) is 29.8 Å². The summed E-state index contributed by atoms with van der Waals surface area (Å²) in [6, 6.07) is 7.85. The van der Waals surface area contributed by atoms with Gasteiger partial charge in [-0.05, 0) is 50.3 Å². The van der Waals surface area contributed by atoms with Crippen molar-refractivity contribution in [2.75, 3.05) is 12.8 Å². The molecule has 0 bridgehead atoms. The second-order valence-electron chi connectivity index (χ2n) is 5.36. The summed E-state index contributed by atoms with van der Waals surface area (Å²) < 4.78 is 24.6. The van der Waals surface area contributed by atoms with Gasteiger partial charge in [0.15, 0.2) is 9.84 Å². The molecule has 1 atom stereocenters. The first-order valence-corrected chi connectivity index (χ1v) is 8.71. The number of benzene rings is 1. The van der Waals surface area contributed by atoms with Crippen LogP contribution in [-0.4, -0.2) is 27.3 Å². The highest BCUT2D eigenvalue weighted by atomic mass is 32.2. The van der Waals surface area contributed by atoms with Crippen molar-refractivity contribution >= 4 is 9.84 Å². The lowest BCUT2D eigenvalue weighted by Crippen LogP contribution is -2.30. The second kappa shape index (κ2) is 6.06. The lowest BCUT2D eigenvalue weighted by Gasteiger charge is -2.17. The van der Waals surface area contributed by atoms with E-state index in [1.54, 1.807) is 6.07 Å². The first-order valence-electron chi connectivity index (χ1n) is 7.06. The molecule has 19 heavy (non-hydrogen) atoms. The molecule has 1 aromatic rings. The molecule has 106 valence electrons. The van der Waals surface area contributed by atoms with Crippen LogP contribution in [0.25, 0.3) is 0 Å². The number of likely N-dealkylation sites (N-methyl/N-ethyl adjacent to an activating group) is 1. The lowest BCUT2D eigenvalue weighted by atomic mass is 10.0. The molecule has 0 spiro atoms. The van der Waals surface area contributed by atoms with Gasteiger partial charge in [-0.2, -0.15) is 0 Å². The van der Waals surface area contributed by atoms with Gasteiger partial charge in [-0.3, -0.25) is 0 Å². The third-order valence-electron chi connectivity index (χ3n) is 3.78. The summed E-state index contributed by atoms with van der Waals surface area (Å²) >= 11 is 0. The normalized spacial score (nSPS) is 17.4. The van der Waals surface area contributed by atoms with E-state index in [-0.39, 0.29) is 5.75 Å². The topological polar surface area (TPSA) is 46.2 Å². The number of sulfone groups is 1. The molecule has 0 aliphatic heterocycles. The van der Waals surface area contributed by atoms with Gasteiger partial charge in [0, 0.05) is 6.04 Å². The van der Waals surface area contributed by atoms with E-state index in [0.29, 0.717) is 23.3 Å². The van der Waals surface area contributed by atoms with E-state index in [4.69, 9.17) is 0 Å². The molecule has 2 rings (SSSR count). The van der Waals surface area contributed by atoms with Crippen molar-refractivity contribution in [3.63, 3.8) is 0 Å². The molecule has 0 saturated heterocycles. The van der Waals surface area contributed by atoms with E-state index >= 15 is 0 Å². The minimum atomic E-state index is -3.13. The summed E-state index contributed by atoms with van der Waals surface area (Å²) in [7, 11) is -1.16. The molecule has 0 radical (unpaired) electrons. The Bertz CT molecular complexity index is 521. The zero-order chi connectivity index (χ0) is 13.9. The summed E-state index contributed by atoms with van der Waals surface area (Å²) in [5.74, 6) is 0.949. The van der Waals surface area contributed by atoms with E-state index in [9.17, 15) is 8.42 Å². The van der Waals surface area contributed by atoms with E-state index in [1.807, 2.05) is 32.2 Å². The van der Waals surface area contributed by atoms with Gasteiger partial charge in [-0.1, -0.05) is 25.1 Å². The van der Waals surface area contributed by atoms with Gasteiger partial charge < -0.3 is 5.32 Å². The molecule has 1 aliphatic rings. The van der Waals surface area contributed by atoms with Gasteiger partial charge in [0.2, 0.25) is 0 Å². The predicted molar refractivity (Wildman–Crippen MR) is 78.1 cm³/mol. The van der Waals surface area contributed by atoms with Gasteiger partial charge in [-0.25, -0.2) is 8.42 Å². The van der Waals surface area contributed by atoms with Crippen LogP contribution in [0.3, 0.4) is 0 Å². The molecule has 1 fully saturated rings. The average molecular weight is 281 g/mol. The molecule has 1 saturated carbocycles. The number of hydrogen-bond acceptors (Lipinski definition) is 3. The Morgan fingerprint density at radius 3 is 2.58 bits per heavy atom. The van der Waals surface area contributed by atoms with Crippen molar-refractivity contribution in [1.29, 1.82) is 0 Å². The van der Waals surface area contributed by atoms with Crippen LogP contribution >= 0.6 is 0 Å². The third kappa shape index (κ3) is 3.57. The second-order valence-corrected chi connectivity index (χ2v) is 7.44. The molecule has 1 N–H and O–H groups in total. The maximum Gasteiger partial charge on any atom is 0.178 e. The van der Waals surface area contributed by atoms with Crippen molar-refractivity contribution in [2.45, 2.75) is 43.5 Å². The fraction of sp³-hybridized carbons (Fsp3) is 0.600. The molecule has 0 heterocycles. The molecule has 0 aromatic heterocycles. The number of rotatable bonds is 7. The Hall–Kier alpha value is -0.870. The van der Waals surface area contributed by atoms with Gasteiger partial charge in [0.25, 0.3) is 0 Å². The SMILES string of the molecule is CCCS(=O)(=O)c1ccccc1CC(NC)C1CC1. The van der Waals surface area contributed by atoms with Gasteiger partial charge >= 0.3 is 0 Å². The predicted octanol–water partition coefficient (Wildman–Crippen LogP) is 2.41.